The molecule has 1 aliphatic heterocycles. The summed E-state index contributed by atoms with van der Waals surface area (Å²) in [6.07, 6.45) is 4.39. The Labute approximate surface area is 87.4 Å². The molecule has 3 unspecified atom stereocenters. The zero-order valence-corrected chi connectivity index (χ0v) is 9.68. The van der Waals surface area contributed by atoms with Crippen LogP contribution in [0.25, 0.3) is 0 Å². The fourth-order valence-electron chi connectivity index (χ4n) is 2.57. The predicted octanol–water partition coefficient (Wildman–Crippen LogP) is 2.19. The van der Waals surface area contributed by atoms with E-state index in [0.717, 1.165) is 24.9 Å². The molecule has 1 N–H and O–H groups in total. The fraction of sp³-hybridized carbons (Fsp3) is 1.00. The van der Waals surface area contributed by atoms with Gasteiger partial charge in [0.1, 0.15) is 0 Å². The van der Waals surface area contributed by atoms with Crippen molar-refractivity contribution in [2.24, 2.45) is 11.8 Å². The van der Waals surface area contributed by atoms with Crippen molar-refractivity contribution >= 4 is 0 Å². The Morgan fingerprint density at radius 1 is 1.14 bits per heavy atom. The molecule has 2 aliphatic rings. The topological polar surface area (TPSA) is 21.3 Å². The molecular formula is C12H23NO. The summed E-state index contributed by atoms with van der Waals surface area (Å²) < 4.78 is 6.17. The van der Waals surface area contributed by atoms with Crippen molar-refractivity contribution in [3.05, 3.63) is 0 Å². The minimum atomic E-state index is 0.144. The Hall–Kier alpha value is -0.0800. The van der Waals surface area contributed by atoms with E-state index in [1.54, 1.807) is 0 Å². The highest BCUT2D eigenvalue weighted by Gasteiger charge is 2.37. The largest absolute Gasteiger partial charge is 0.369 e. The first-order chi connectivity index (χ1) is 6.59. The van der Waals surface area contributed by atoms with Gasteiger partial charge in [-0.2, -0.15) is 0 Å². The molecule has 0 amide bonds. The molecule has 0 spiro atoms. The zero-order valence-electron chi connectivity index (χ0n) is 9.68. The summed E-state index contributed by atoms with van der Waals surface area (Å²) in [5.41, 5.74) is 0.144. The molecule has 0 bridgehead atoms. The van der Waals surface area contributed by atoms with Gasteiger partial charge in [-0.3, -0.25) is 0 Å². The van der Waals surface area contributed by atoms with E-state index < -0.39 is 0 Å². The van der Waals surface area contributed by atoms with E-state index in [1.807, 2.05) is 0 Å². The average molecular weight is 197 g/mol. The Kier molecular flexibility index (Phi) is 2.85. The highest BCUT2D eigenvalue weighted by Crippen LogP contribution is 2.33. The molecule has 2 heteroatoms. The van der Waals surface area contributed by atoms with Crippen molar-refractivity contribution in [2.75, 3.05) is 13.1 Å². The third-order valence-corrected chi connectivity index (χ3v) is 4.00. The maximum atomic E-state index is 6.17. The number of ether oxygens (including phenoxy) is 1. The molecule has 0 radical (unpaired) electrons. The first kappa shape index (κ1) is 10.4. The van der Waals surface area contributed by atoms with Gasteiger partial charge in [0, 0.05) is 13.1 Å². The lowest BCUT2D eigenvalue weighted by molar-refractivity contribution is -0.129. The van der Waals surface area contributed by atoms with Crippen LogP contribution in [0.15, 0.2) is 0 Å². The van der Waals surface area contributed by atoms with Gasteiger partial charge in [0.25, 0.3) is 0 Å². The molecule has 2 fully saturated rings. The second-order valence-corrected chi connectivity index (χ2v) is 5.56. The standard InChI is InChI=1S/C12H23NO/c1-9-4-5-11(6-10(9)2)14-12(3)7-13-8-12/h9-11,13H,4-8H2,1-3H3. The number of nitrogens with one attached hydrogen (secondary N) is 1. The van der Waals surface area contributed by atoms with Gasteiger partial charge in [0.15, 0.2) is 0 Å². The third kappa shape index (κ3) is 2.12. The van der Waals surface area contributed by atoms with Crippen LogP contribution in [-0.2, 0) is 4.74 Å². The van der Waals surface area contributed by atoms with Crippen molar-refractivity contribution in [3.63, 3.8) is 0 Å². The molecule has 2 rings (SSSR count). The molecule has 0 aromatic heterocycles. The Balaban J connectivity index is 1.81. The number of rotatable bonds is 2. The molecule has 1 heterocycles. The average Bonchev–Trinajstić information content (AvgIpc) is 2.09. The van der Waals surface area contributed by atoms with Crippen molar-refractivity contribution in [2.45, 2.75) is 51.7 Å². The van der Waals surface area contributed by atoms with Crippen LogP contribution in [0.5, 0.6) is 0 Å². The smallest absolute Gasteiger partial charge is 0.0905 e. The van der Waals surface area contributed by atoms with Gasteiger partial charge in [-0.15, -0.1) is 0 Å². The van der Waals surface area contributed by atoms with E-state index in [2.05, 4.69) is 26.1 Å². The van der Waals surface area contributed by atoms with Gasteiger partial charge < -0.3 is 10.1 Å². The summed E-state index contributed by atoms with van der Waals surface area (Å²) in [5.74, 6) is 1.73. The molecule has 2 nitrogen and oxygen atoms in total. The summed E-state index contributed by atoms with van der Waals surface area (Å²) in [7, 11) is 0. The molecule has 14 heavy (non-hydrogen) atoms. The maximum absolute atomic E-state index is 6.17. The van der Waals surface area contributed by atoms with Crippen LogP contribution < -0.4 is 5.32 Å². The molecule has 82 valence electrons. The molecule has 3 atom stereocenters. The highest BCUT2D eigenvalue weighted by molar-refractivity contribution is 4.92. The van der Waals surface area contributed by atoms with Gasteiger partial charge in [-0.1, -0.05) is 13.8 Å². The van der Waals surface area contributed by atoms with Crippen molar-refractivity contribution in [3.8, 4) is 0 Å². The van der Waals surface area contributed by atoms with Gasteiger partial charge in [0.2, 0.25) is 0 Å². The van der Waals surface area contributed by atoms with Gasteiger partial charge >= 0.3 is 0 Å². The lowest BCUT2D eigenvalue weighted by atomic mass is 9.80. The van der Waals surface area contributed by atoms with Crippen LogP contribution in [0.1, 0.15) is 40.0 Å². The van der Waals surface area contributed by atoms with Crippen molar-refractivity contribution in [1.82, 2.24) is 5.32 Å². The Bertz CT molecular complexity index is 200. The summed E-state index contributed by atoms with van der Waals surface area (Å²) >= 11 is 0. The van der Waals surface area contributed by atoms with Crippen LogP contribution in [0.3, 0.4) is 0 Å². The summed E-state index contributed by atoms with van der Waals surface area (Å²) in [5, 5.41) is 3.29. The summed E-state index contributed by atoms with van der Waals surface area (Å²) in [4.78, 5) is 0. The van der Waals surface area contributed by atoms with E-state index in [1.165, 1.54) is 19.3 Å². The van der Waals surface area contributed by atoms with E-state index >= 15 is 0 Å². The van der Waals surface area contributed by atoms with Gasteiger partial charge in [-0.05, 0) is 38.0 Å². The first-order valence-corrected chi connectivity index (χ1v) is 5.98. The van der Waals surface area contributed by atoms with Gasteiger partial charge in [-0.25, -0.2) is 0 Å². The van der Waals surface area contributed by atoms with Crippen LogP contribution in [0.2, 0.25) is 0 Å². The van der Waals surface area contributed by atoms with E-state index in [4.69, 9.17) is 4.74 Å². The predicted molar refractivity (Wildman–Crippen MR) is 58.3 cm³/mol. The van der Waals surface area contributed by atoms with E-state index in [9.17, 15) is 0 Å². The van der Waals surface area contributed by atoms with Crippen LogP contribution in [-0.4, -0.2) is 24.8 Å². The minimum absolute atomic E-state index is 0.144. The highest BCUT2D eigenvalue weighted by atomic mass is 16.5. The van der Waals surface area contributed by atoms with E-state index in [-0.39, 0.29) is 5.60 Å². The minimum Gasteiger partial charge on any atom is -0.369 e. The lowest BCUT2D eigenvalue weighted by Gasteiger charge is -2.44. The number of hydrogen-bond acceptors (Lipinski definition) is 2. The summed E-state index contributed by atoms with van der Waals surface area (Å²) in [6.45, 7) is 9.03. The Morgan fingerprint density at radius 2 is 1.86 bits per heavy atom. The number of hydrogen-bond donors (Lipinski definition) is 1. The van der Waals surface area contributed by atoms with Crippen LogP contribution in [0.4, 0.5) is 0 Å². The van der Waals surface area contributed by atoms with E-state index in [0.29, 0.717) is 6.10 Å². The van der Waals surface area contributed by atoms with Crippen LogP contribution >= 0.6 is 0 Å². The maximum Gasteiger partial charge on any atom is 0.0905 e. The molecule has 1 aliphatic carbocycles. The third-order valence-electron chi connectivity index (χ3n) is 4.00. The summed E-state index contributed by atoms with van der Waals surface area (Å²) in [6, 6.07) is 0. The quantitative estimate of drug-likeness (QED) is 0.732. The normalized spacial score (nSPS) is 41.8. The fourth-order valence-corrected chi connectivity index (χ4v) is 2.57. The second-order valence-electron chi connectivity index (χ2n) is 5.56. The Morgan fingerprint density at radius 3 is 2.36 bits per heavy atom. The second kappa shape index (κ2) is 3.82. The molecule has 1 saturated heterocycles. The lowest BCUT2D eigenvalue weighted by Crippen LogP contribution is -2.60. The molecule has 0 aromatic carbocycles. The van der Waals surface area contributed by atoms with Crippen molar-refractivity contribution in [1.29, 1.82) is 0 Å². The molecule has 0 aromatic rings. The first-order valence-electron chi connectivity index (χ1n) is 5.98. The monoisotopic (exact) mass is 197 g/mol. The zero-order chi connectivity index (χ0) is 10.2. The van der Waals surface area contributed by atoms with Gasteiger partial charge in [0.05, 0.1) is 11.7 Å². The van der Waals surface area contributed by atoms with Crippen LogP contribution in [0, 0.1) is 11.8 Å². The molecule has 1 saturated carbocycles. The molecular weight excluding hydrogens is 174 g/mol. The SMILES string of the molecule is CC1CCC(OC2(C)CNC2)CC1C. The van der Waals surface area contributed by atoms with Crippen molar-refractivity contribution < 1.29 is 4.74 Å².